The Labute approximate surface area is 119 Å². The highest BCUT2D eigenvalue weighted by atomic mass is 16.5. The quantitative estimate of drug-likeness (QED) is 0.840. The molecule has 0 aliphatic rings. The van der Waals surface area contributed by atoms with Gasteiger partial charge in [0.1, 0.15) is 17.3 Å². The molecule has 0 spiro atoms. The monoisotopic (exact) mass is 274 g/mol. The number of nitrogens with zero attached hydrogens (tertiary/aromatic N) is 2. The summed E-state index contributed by atoms with van der Waals surface area (Å²) in [4.78, 5) is 4.56. The third-order valence-electron chi connectivity index (χ3n) is 2.97. The fourth-order valence-electron chi connectivity index (χ4n) is 2.07. The molecule has 0 radical (unpaired) electrons. The van der Waals surface area contributed by atoms with Crippen molar-refractivity contribution >= 4 is 5.82 Å². The predicted octanol–water partition coefficient (Wildman–Crippen LogP) is 2.76. The zero-order chi connectivity index (χ0) is 14.9. The minimum Gasteiger partial charge on any atom is -0.491 e. The van der Waals surface area contributed by atoms with Gasteiger partial charge in [-0.1, -0.05) is 26.0 Å². The van der Waals surface area contributed by atoms with E-state index in [9.17, 15) is 0 Å². The maximum Gasteiger partial charge on any atom is 0.150 e. The van der Waals surface area contributed by atoms with E-state index in [1.807, 2.05) is 52.0 Å². The number of nitrogen functional groups attached to an aromatic ring is 2. The van der Waals surface area contributed by atoms with Crippen LogP contribution in [0.3, 0.4) is 0 Å². The van der Waals surface area contributed by atoms with Gasteiger partial charge < -0.3 is 16.3 Å². The Balaban J connectivity index is 2.44. The average molecular weight is 274 g/mol. The molecule has 5 heteroatoms. The summed E-state index contributed by atoms with van der Waals surface area (Å²) < 4.78 is 7.15. The number of rotatable bonds is 4. The Morgan fingerprint density at radius 3 is 2.45 bits per heavy atom. The van der Waals surface area contributed by atoms with E-state index in [4.69, 9.17) is 16.3 Å². The Hall–Kier alpha value is -2.17. The molecule has 1 heterocycles. The zero-order valence-corrected chi connectivity index (χ0v) is 12.4. The Bertz CT molecular complexity index is 602. The summed E-state index contributed by atoms with van der Waals surface area (Å²) in [5.74, 6) is 8.21. The van der Waals surface area contributed by atoms with Crippen LogP contribution in [0.1, 0.15) is 39.4 Å². The van der Waals surface area contributed by atoms with Gasteiger partial charge >= 0.3 is 0 Å². The number of benzene rings is 1. The van der Waals surface area contributed by atoms with Crippen LogP contribution >= 0.6 is 0 Å². The van der Waals surface area contributed by atoms with E-state index in [1.54, 1.807) is 0 Å². The number of anilines is 1. The first kappa shape index (κ1) is 14.2. The maximum atomic E-state index is 6.06. The van der Waals surface area contributed by atoms with Gasteiger partial charge in [0.25, 0.3) is 0 Å². The van der Waals surface area contributed by atoms with Gasteiger partial charge in [-0.15, -0.1) is 0 Å². The minimum absolute atomic E-state index is 0.126. The molecule has 1 aromatic carbocycles. The molecule has 0 bridgehead atoms. The van der Waals surface area contributed by atoms with Crippen molar-refractivity contribution in [2.75, 3.05) is 11.6 Å². The highest BCUT2D eigenvalue weighted by molar-refractivity contribution is 5.72. The van der Waals surface area contributed by atoms with Gasteiger partial charge in [0, 0.05) is 11.5 Å². The number of ether oxygens (including phenoxy) is 1. The van der Waals surface area contributed by atoms with Crippen LogP contribution in [-0.4, -0.2) is 15.8 Å². The molecule has 1 aromatic heterocycles. The molecule has 4 N–H and O–H groups in total. The molecule has 0 unspecified atom stereocenters. The predicted molar refractivity (Wildman–Crippen MR) is 82.1 cm³/mol. The smallest absolute Gasteiger partial charge is 0.150 e. The van der Waals surface area contributed by atoms with Crippen LogP contribution in [0.4, 0.5) is 5.82 Å². The summed E-state index contributed by atoms with van der Waals surface area (Å²) >= 11 is 0. The Morgan fingerprint density at radius 1 is 1.20 bits per heavy atom. The van der Waals surface area contributed by atoms with Gasteiger partial charge in [0.05, 0.1) is 6.10 Å². The molecule has 0 amide bonds. The molecule has 2 aromatic rings. The van der Waals surface area contributed by atoms with Crippen molar-refractivity contribution in [2.24, 2.45) is 0 Å². The Morgan fingerprint density at radius 2 is 1.90 bits per heavy atom. The summed E-state index contributed by atoms with van der Waals surface area (Å²) in [5.41, 5.74) is 7.67. The zero-order valence-electron chi connectivity index (χ0n) is 12.4. The largest absolute Gasteiger partial charge is 0.491 e. The van der Waals surface area contributed by atoms with Crippen LogP contribution in [0.15, 0.2) is 24.3 Å². The van der Waals surface area contributed by atoms with Gasteiger partial charge in [-0.2, -0.15) is 0 Å². The van der Waals surface area contributed by atoms with E-state index in [0.717, 1.165) is 17.1 Å². The molecular weight excluding hydrogens is 252 g/mol. The topological polar surface area (TPSA) is 79.1 Å². The van der Waals surface area contributed by atoms with Crippen molar-refractivity contribution in [2.45, 2.75) is 39.7 Å². The van der Waals surface area contributed by atoms with E-state index >= 15 is 0 Å². The lowest BCUT2D eigenvalue weighted by Crippen LogP contribution is -2.16. The van der Waals surface area contributed by atoms with Gasteiger partial charge in [-0.3, -0.25) is 0 Å². The molecule has 0 fully saturated rings. The second-order valence-corrected chi connectivity index (χ2v) is 5.42. The van der Waals surface area contributed by atoms with Gasteiger partial charge in [0.15, 0.2) is 5.82 Å². The Kier molecular flexibility index (Phi) is 3.88. The number of hydrogen-bond acceptors (Lipinski definition) is 4. The van der Waals surface area contributed by atoms with Crippen molar-refractivity contribution in [3.63, 3.8) is 0 Å². The molecule has 0 saturated carbocycles. The highest BCUT2D eigenvalue weighted by Gasteiger charge is 2.17. The lowest BCUT2D eigenvalue weighted by Gasteiger charge is -2.10. The highest BCUT2D eigenvalue weighted by Crippen LogP contribution is 2.30. The van der Waals surface area contributed by atoms with E-state index < -0.39 is 0 Å². The fraction of sp³-hybridized carbons (Fsp3) is 0.400. The van der Waals surface area contributed by atoms with E-state index in [1.165, 1.54) is 4.68 Å². The van der Waals surface area contributed by atoms with Gasteiger partial charge in [0.2, 0.25) is 0 Å². The second-order valence-electron chi connectivity index (χ2n) is 5.42. The molecule has 5 nitrogen and oxygen atoms in total. The lowest BCUT2D eigenvalue weighted by atomic mass is 10.1. The van der Waals surface area contributed by atoms with Gasteiger partial charge in [-0.05, 0) is 26.0 Å². The van der Waals surface area contributed by atoms with Crippen molar-refractivity contribution < 1.29 is 4.74 Å². The summed E-state index contributed by atoms with van der Waals surface area (Å²) in [6.45, 7) is 8.05. The van der Waals surface area contributed by atoms with Crippen LogP contribution < -0.4 is 16.3 Å². The number of imidazole rings is 1. The molecule has 108 valence electrons. The second kappa shape index (κ2) is 5.45. The van der Waals surface area contributed by atoms with E-state index in [2.05, 4.69) is 4.98 Å². The molecule has 0 aliphatic heterocycles. The van der Waals surface area contributed by atoms with Crippen molar-refractivity contribution in [3.05, 3.63) is 30.1 Å². The summed E-state index contributed by atoms with van der Waals surface area (Å²) in [6, 6.07) is 7.73. The summed E-state index contributed by atoms with van der Waals surface area (Å²) in [7, 11) is 0. The average Bonchev–Trinajstić information content (AvgIpc) is 2.66. The molecular formula is C15H22N4O. The van der Waals surface area contributed by atoms with Crippen LogP contribution in [0, 0.1) is 0 Å². The molecule has 0 aliphatic carbocycles. The first-order chi connectivity index (χ1) is 9.40. The van der Waals surface area contributed by atoms with Crippen LogP contribution in [-0.2, 0) is 0 Å². The van der Waals surface area contributed by atoms with E-state index in [-0.39, 0.29) is 12.0 Å². The number of aromatic nitrogens is 2. The fourth-order valence-corrected chi connectivity index (χ4v) is 2.07. The third-order valence-corrected chi connectivity index (χ3v) is 2.97. The lowest BCUT2D eigenvalue weighted by molar-refractivity contribution is 0.242. The van der Waals surface area contributed by atoms with Crippen molar-refractivity contribution in [1.29, 1.82) is 0 Å². The maximum absolute atomic E-state index is 6.06. The first-order valence-corrected chi connectivity index (χ1v) is 6.80. The van der Waals surface area contributed by atoms with Crippen molar-refractivity contribution in [3.8, 4) is 17.0 Å². The molecule has 2 rings (SSSR count). The molecule has 0 saturated heterocycles. The SMILES string of the molecule is CC(C)Oc1cccc(-c2nc(C(C)C)n(N)c2N)c1. The normalized spacial score (nSPS) is 11.3. The molecule has 20 heavy (non-hydrogen) atoms. The first-order valence-electron chi connectivity index (χ1n) is 6.80. The van der Waals surface area contributed by atoms with Crippen molar-refractivity contribution in [1.82, 2.24) is 9.66 Å². The summed E-state index contributed by atoms with van der Waals surface area (Å²) in [5, 5.41) is 0. The minimum atomic E-state index is 0.126. The third kappa shape index (κ3) is 2.71. The van der Waals surface area contributed by atoms with Crippen LogP contribution in [0.5, 0.6) is 5.75 Å². The van der Waals surface area contributed by atoms with Crippen LogP contribution in [0.2, 0.25) is 0 Å². The summed E-state index contributed by atoms with van der Waals surface area (Å²) in [6.07, 6.45) is 0.126. The van der Waals surface area contributed by atoms with Gasteiger partial charge in [-0.25, -0.2) is 9.66 Å². The van der Waals surface area contributed by atoms with Crippen LogP contribution in [0.25, 0.3) is 11.3 Å². The standard InChI is InChI=1S/C15H22N4O/c1-9(2)15-18-13(14(16)19(15)17)11-6-5-7-12(8-11)20-10(3)4/h5-10H,16-17H2,1-4H3. The van der Waals surface area contributed by atoms with E-state index in [0.29, 0.717) is 11.5 Å². The number of nitrogens with two attached hydrogens (primary N) is 2. The molecule has 0 atom stereocenters. The number of hydrogen-bond donors (Lipinski definition) is 2.